The molecule has 0 bridgehead atoms. The highest BCUT2D eigenvalue weighted by molar-refractivity contribution is 7.92. The molecule has 0 saturated heterocycles. The first-order valence-corrected chi connectivity index (χ1v) is 10.9. The lowest BCUT2D eigenvalue weighted by molar-refractivity contribution is -0.143. The van der Waals surface area contributed by atoms with Crippen molar-refractivity contribution in [1.82, 2.24) is 4.90 Å². The molecule has 1 atom stereocenters. The molecule has 1 aromatic carbocycles. The van der Waals surface area contributed by atoms with Gasteiger partial charge in [0.2, 0.25) is 10.0 Å². The Morgan fingerprint density at radius 3 is 2.22 bits per heavy atom. The fraction of sp³-hybridized carbons (Fsp3) is 0.579. The van der Waals surface area contributed by atoms with Crippen molar-refractivity contribution < 1.29 is 22.7 Å². The second-order valence-electron chi connectivity index (χ2n) is 7.41. The first-order chi connectivity index (χ1) is 12.4. The third-order valence-corrected chi connectivity index (χ3v) is 5.75. The molecule has 0 radical (unpaired) electrons. The number of benzene rings is 1. The van der Waals surface area contributed by atoms with Gasteiger partial charge in [-0.25, -0.2) is 13.2 Å². The third kappa shape index (κ3) is 4.61. The SMILES string of the molecule is CC(C)N(C(=O)[C@@H](C)OC(=O)c1ccc2c(c1)CCN2S(C)(=O)=O)C(C)C. The minimum absolute atomic E-state index is 0.000576. The smallest absolute Gasteiger partial charge is 0.338 e. The van der Waals surface area contributed by atoms with Crippen molar-refractivity contribution >= 4 is 27.6 Å². The molecule has 0 fully saturated rings. The molecule has 2 rings (SSSR count). The van der Waals surface area contributed by atoms with Gasteiger partial charge in [-0.3, -0.25) is 9.10 Å². The van der Waals surface area contributed by atoms with Crippen LogP contribution in [-0.2, 0) is 26.0 Å². The summed E-state index contributed by atoms with van der Waals surface area (Å²) in [7, 11) is -3.34. The fourth-order valence-electron chi connectivity index (χ4n) is 3.44. The van der Waals surface area contributed by atoms with Crippen LogP contribution < -0.4 is 4.31 Å². The standard InChI is InChI=1S/C19H28N2O5S/c1-12(2)21(13(3)4)18(22)14(5)26-19(23)16-7-8-17-15(11-16)9-10-20(17)27(6,24)25/h7-8,11-14H,9-10H2,1-6H3/t14-/m1/s1. The second-order valence-corrected chi connectivity index (χ2v) is 9.32. The Bertz CT molecular complexity index is 825. The van der Waals surface area contributed by atoms with Crippen LogP contribution in [0.1, 0.15) is 50.5 Å². The Balaban J connectivity index is 2.14. The highest BCUT2D eigenvalue weighted by Crippen LogP contribution is 2.31. The Kier molecular flexibility index (Phi) is 6.19. The Hall–Kier alpha value is -2.09. The van der Waals surface area contributed by atoms with Gasteiger partial charge in [0.1, 0.15) is 0 Å². The van der Waals surface area contributed by atoms with Crippen LogP contribution in [0.5, 0.6) is 0 Å². The van der Waals surface area contributed by atoms with Crippen LogP contribution in [0.3, 0.4) is 0 Å². The van der Waals surface area contributed by atoms with Crippen LogP contribution in [0.4, 0.5) is 5.69 Å². The number of anilines is 1. The molecule has 7 nitrogen and oxygen atoms in total. The lowest BCUT2D eigenvalue weighted by Gasteiger charge is -2.32. The molecule has 0 spiro atoms. The third-order valence-electron chi connectivity index (χ3n) is 4.57. The molecule has 0 unspecified atom stereocenters. The number of hydrogen-bond donors (Lipinski definition) is 0. The number of carbonyl (C=O) groups is 2. The minimum Gasteiger partial charge on any atom is -0.449 e. The van der Waals surface area contributed by atoms with Gasteiger partial charge in [0.05, 0.1) is 17.5 Å². The molecule has 150 valence electrons. The average Bonchev–Trinajstić information content (AvgIpc) is 2.97. The van der Waals surface area contributed by atoms with Crippen molar-refractivity contribution in [3.05, 3.63) is 29.3 Å². The van der Waals surface area contributed by atoms with Gasteiger partial charge in [0.15, 0.2) is 6.10 Å². The predicted molar refractivity (Wildman–Crippen MR) is 104 cm³/mol. The largest absolute Gasteiger partial charge is 0.449 e. The molecule has 1 aliphatic heterocycles. The monoisotopic (exact) mass is 396 g/mol. The summed E-state index contributed by atoms with van der Waals surface area (Å²) in [6, 6.07) is 4.79. The molecule has 8 heteroatoms. The van der Waals surface area contributed by atoms with Crippen LogP contribution in [0.15, 0.2) is 18.2 Å². The van der Waals surface area contributed by atoms with Crippen LogP contribution in [-0.4, -0.2) is 56.2 Å². The number of fused-ring (bicyclic) bond motifs is 1. The number of sulfonamides is 1. The van der Waals surface area contributed by atoms with E-state index in [1.54, 1.807) is 24.0 Å². The van der Waals surface area contributed by atoms with Gasteiger partial charge >= 0.3 is 5.97 Å². The summed E-state index contributed by atoms with van der Waals surface area (Å²) in [6.45, 7) is 9.60. The molecule has 0 aliphatic carbocycles. The summed E-state index contributed by atoms with van der Waals surface area (Å²) < 4.78 is 30.3. The summed E-state index contributed by atoms with van der Waals surface area (Å²) >= 11 is 0. The zero-order chi connectivity index (χ0) is 20.5. The maximum atomic E-state index is 12.6. The highest BCUT2D eigenvalue weighted by Gasteiger charge is 2.30. The molecule has 1 amide bonds. The molecule has 0 aromatic heterocycles. The van der Waals surface area contributed by atoms with Crippen molar-refractivity contribution in [2.75, 3.05) is 17.1 Å². The highest BCUT2D eigenvalue weighted by atomic mass is 32.2. The van der Waals surface area contributed by atoms with E-state index >= 15 is 0 Å². The molecule has 1 aromatic rings. The predicted octanol–water partition coefficient (Wildman–Crippen LogP) is 2.20. The first kappa shape index (κ1) is 21.2. The lowest BCUT2D eigenvalue weighted by atomic mass is 10.1. The molecular weight excluding hydrogens is 368 g/mol. The molecule has 1 heterocycles. The zero-order valence-electron chi connectivity index (χ0n) is 16.7. The second kappa shape index (κ2) is 7.88. The van der Waals surface area contributed by atoms with E-state index in [0.717, 1.165) is 11.8 Å². The van der Waals surface area contributed by atoms with Gasteiger partial charge in [-0.15, -0.1) is 0 Å². The Morgan fingerprint density at radius 1 is 1.11 bits per heavy atom. The summed E-state index contributed by atoms with van der Waals surface area (Å²) in [5.74, 6) is -0.832. The number of esters is 1. The minimum atomic E-state index is -3.34. The summed E-state index contributed by atoms with van der Waals surface area (Å²) in [6.07, 6.45) is 0.794. The topological polar surface area (TPSA) is 84.0 Å². The van der Waals surface area contributed by atoms with E-state index in [4.69, 9.17) is 4.74 Å². The van der Waals surface area contributed by atoms with Crippen molar-refractivity contribution in [3.8, 4) is 0 Å². The van der Waals surface area contributed by atoms with Crippen molar-refractivity contribution in [3.63, 3.8) is 0 Å². The van der Waals surface area contributed by atoms with Crippen molar-refractivity contribution in [2.24, 2.45) is 0 Å². The zero-order valence-corrected chi connectivity index (χ0v) is 17.5. The van der Waals surface area contributed by atoms with Crippen LogP contribution in [0.2, 0.25) is 0 Å². The Morgan fingerprint density at radius 2 is 1.70 bits per heavy atom. The van der Waals surface area contributed by atoms with Gasteiger partial charge in [-0.2, -0.15) is 0 Å². The van der Waals surface area contributed by atoms with Crippen LogP contribution in [0, 0.1) is 0 Å². The van der Waals surface area contributed by atoms with Gasteiger partial charge in [-0.1, -0.05) is 0 Å². The summed E-state index contributed by atoms with van der Waals surface area (Å²) in [5.41, 5.74) is 1.67. The number of nitrogens with zero attached hydrogens (tertiary/aromatic N) is 2. The van der Waals surface area contributed by atoms with Crippen molar-refractivity contribution in [1.29, 1.82) is 0 Å². The Labute approximate surface area is 161 Å². The summed E-state index contributed by atoms with van der Waals surface area (Å²) in [5, 5.41) is 0. The van der Waals surface area contributed by atoms with Crippen LogP contribution in [0.25, 0.3) is 0 Å². The van der Waals surface area contributed by atoms with Gasteiger partial charge in [0.25, 0.3) is 5.91 Å². The van der Waals surface area contributed by atoms with E-state index in [0.29, 0.717) is 24.2 Å². The van der Waals surface area contributed by atoms with Gasteiger partial charge < -0.3 is 9.64 Å². The molecule has 0 N–H and O–H groups in total. The maximum Gasteiger partial charge on any atom is 0.338 e. The first-order valence-electron chi connectivity index (χ1n) is 9.07. The van der Waals surface area contributed by atoms with E-state index in [-0.39, 0.29) is 18.0 Å². The molecule has 0 saturated carbocycles. The summed E-state index contributed by atoms with van der Waals surface area (Å²) in [4.78, 5) is 26.8. The fourth-order valence-corrected chi connectivity index (χ4v) is 4.40. The van der Waals surface area contributed by atoms with E-state index in [2.05, 4.69) is 0 Å². The van der Waals surface area contributed by atoms with Crippen LogP contribution >= 0.6 is 0 Å². The number of ether oxygens (including phenoxy) is 1. The van der Waals surface area contributed by atoms with E-state index in [1.165, 1.54) is 10.4 Å². The maximum absolute atomic E-state index is 12.6. The van der Waals surface area contributed by atoms with E-state index in [1.807, 2.05) is 27.7 Å². The van der Waals surface area contributed by atoms with Gasteiger partial charge in [-0.05, 0) is 64.8 Å². The average molecular weight is 397 g/mol. The molecular formula is C19H28N2O5S. The quantitative estimate of drug-likeness (QED) is 0.688. The number of rotatable bonds is 6. The van der Waals surface area contributed by atoms with E-state index in [9.17, 15) is 18.0 Å². The number of amides is 1. The molecule has 27 heavy (non-hydrogen) atoms. The lowest BCUT2D eigenvalue weighted by Crippen LogP contribution is -2.47. The van der Waals surface area contributed by atoms with E-state index < -0.39 is 22.1 Å². The number of carbonyl (C=O) groups excluding carboxylic acids is 2. The van der Waals surface area contributed by atoms with Crippen molar-refractivity contribution in [2.45, 2.75) is 59.2 Å². The molecule has 1 aliphatic rings. The normalized spacial score (nSPS) is 15.0. The number of hydrogen-bond acceptors (Lipinski definition) is 5. The van der Waals surface area contributed by atoms with Gasteiger partial charge in [0, 0.05) is 18.6 Å².